The lowest BCUT2D eigenvalue weighted by atomic mass is 9.93. The molecule has 1 aliphatic heterocycles. The highest BCUT2D eigenvalue weighted by Gasteiger charge is 2.30. The number of anilines is 1. The van der Waals surface area contributed by atoms with E-state index in [9.17, 15) is 4.79 Å². The third-order valence-corrected chi connectivity index (χ3v) is 4.07. The van der Waals surface area contributed by atoms with Crippen molar-refractivity contribution >= 4 is 27.5 Å². The molecule has 0 aliphatic carbocycles. The number of nitrogens with one attached hydrogen (secondary N) is 1. The molecular weight excluding hydrogens is 318 g/mol. The molecular formula is C16H14BrNO2. The molecule has 0 saturated carbocycles. The fourth-order valence-corrected chi connectivity index (χ4v) is 3.01. The van der Waals surface area contributed by atoms with Crippen molar-refractivity contribution in [3.05, 3.63) is 58.1 Å². The number of methoxy groups -OCH3 is 1. The SMILES string of the molecule is COc1ccc(Br)cc1C[C@H]1C(=O)Nc2ccccc21. The molecule has 1 amide bonds. The molecule has 1 heterocycles. The Bertz CT molecular complexity index is 669. The van der Waals surface area contributed by atoms with Crippen molar-refractivity contribution in [3.63, 3.8) is 0 Å². The van der Waals surface area contributed by atoms with Crippen LogP contribution in [0.15, 0.2) is 46.9 Å². The largest absolute Gasteiger partial charge is 0.496 e. The Kier molecular flexibility index (Phi) is 3.49. The summed E-state index contributed by atoms with van der Waals surface area (Å²) in [7, 11) is 1.65. The van der Waals surface area contributed by atoms with E-state index in [2.05, 4.69) is 21.2 Å². The number of hydrogen-bond donors (Lipinski definition) is 1. The van der Waals surface area contributed by atoms with E-state index in [4.69, 9.17) is 4.74 Å². The molecule has 3 nitrogen and oxygen atoms in total. The summed E-state index contributed by atoms with van der Waals surface area (Å²) in [5.74, 6) is 0.702. The number of carbonyl (C=O) groups excluding carboxylic acids is 1. The highest BCUT2D eigenvalue weighted by molar-refractivity contribution is 9.10. The average molecular weight is 332 g/mol. The number of hydrogen-bond acceptors (Lipinski definition) is 2. The first-order chi connectivity index (χ1) is 9.69. The van der Waals surface area contributed by atoms with Crippen LogP contribution in [-0.4, -0.2) is 13.0 Å². The van der Waals surface area contributed by atoms with E-state index >= 15 is 0 Å². The molecule has 0 saturated heterocycles. The predicted octanol–water partition coefficient (Wildman–Crippen LogP) is 3.74. The summed E-state index contributed by atoms with van der Waals surface area (Å²) >= 11 is 3.47. The van der Waals surface area contributed by atoms with Gasteiger partial charge in [0.2, 0.25) is 5.91 Å². The van der Waals surface area contributed by atoms with Crippen LogP contribution in [0.2, 0.25) is 0 Å². The van der Waals surface area contributed by atoms with E-state index in [0.717, 1.165) is 27.0 Å². The zero-order valence-electron chi connectivity index (χ0n) is 11.0. The first kappa shape index (κ1) is 13.2. The highest BCUT2D eigenvalue weighted by atomic mass is 79.9. The zero-order valence-corrected chi connectivity index (χ0v) is 12.6. The Morgan fingerprint density at radius 2 is 2.05 bits per heavy atom. The van der Waals surface area contributed by atoms with Crippen molar-refractivity contribution in [2.75, 3.05) is 12.4 Å². The van der Waals surface area contributed by atoms with E-state index in [1.807, 2.05) is 42.5 Å². The first-order valence-electron chi connectivity index (χ1n) is 6.41. The molecule has 1 N–H and O–H groups in total. The summed E-state index contributed by atoms with van der Waals surface area (Å²) in [4.78, 5) is 12.2. The van der Waals surface area contributed by atoms with Gasteiger partial charge < -0.3 is 10.1 Å². The van der Waals surface area contributed by atoms with Crippen molar-refractivity contribution in [1.29, 1.82) is 0 Å². The zero-order chi connectivity index (χ0) is 14.1. The van der Waals surface area contributed by atoms with Crippen LogP contribution in [0, 0.1) is 0 Å². The van der Waals surface area contributed by atoms with Gasteiger partial charge in [0.1, 0.15) is 5.75 Å². The van der Waals surface area contributed by atoms with Gasteiger partial charge in [-0.1, -0.05) is 34.1 Å². The second-order valence-corrected chi connectivity index (χ2v) is 5.71. The maximum absolute atomic E-state index is 12.2. The van der Waals surface area contributed by atoms with Gasteiger partial charge in [-0.05, 0) is 41.8 Å². The van der Waals surface area contributed by atoms with E-state index in [1.54, 1.807) is 7.11 Å². The smallest absolute Gasteiger partial charge is 0.232 e. The van der Waals surface area contributed by atoms with Gasteiger partial charge in [0, 0.05) is 10.2 Å². The van der Waals surface area contributed by atoms with Gasteiger partial charge in [-0.2, -0.15) is 0 Å². The highest BCUT2D eigenvalue weighted by Crippen LogP contribution is 2.36. The van der Waals surface area contributed by atoms with Crippen LogP contribution >= 0.6 is 15.9 Å². The third-order valence-electron chi connectivity index (χ3n) is 3.58. The van der Waals surface area contributed by atoms with Gasteiger partial charge in [-0.15, -0.1) is 0 Å². The van der Waals surface area contributed by atoms with Gasteiger partial charge in [0.05, 0.1) is 13.0 Å². The minimum atomic E-state index is -0.158. The summed E-state index contributed by atoms with van der Waals surface area (Å²) < 4.78 is 6.37. The first-order valence-corrected chi connectivity index (χ1v) is 7.20. The molecule has 1 aliphatic rings. The topological polar surface area (TPSA) is 38.3 Å². The van der Waals surface area contributed by atoms with Gasteiger partial charge in [-0.25, -0.2) is 0 Å². The van der Waals surface area contributed by atoms with Crippen molar-refractivity contribution in [2.24, 2.45) is 0 Å². The number of carbonyl (C=O) groups is 1. The molecule has 102 valence electrons. The minimum absolute atomic E-state index is 0.0493. The summed E-state index contributed by atoms with van der Waals surface area (Å²) in [5.41, 5.74) is 3.00. The van der Waals surface area contributed by atoms with Crippen molar-refractivity contribution in [1.82, 2.24) is 0 Å². The summed E-state index contributed by atoms with van der Waals surface area (Å²) in [5, 5.41) is 2.93. The molecule has 0 spiro atoms. The van der Waals surface area contributed by atoms with Gasteiger partial charge in [-0.3, -0.25) is 4.79 Å². The Morgan fingerprint density at radius 3 is 2.85 bits per heavy atom. The Hall–Kier alpha value is -1.81. The van der Waals surface area contributed by atoms with E-state index < -0.39 is 0 Å². The summed E-state index contributed by atoms with van der Waals surface area (Å²) in [6.45, 7) is 0. The number of benzene rings is 2. The minimum Gasteiger partial charge on any atom is -0.496 e. The van der Waals surface area contributed by atoms with E-state index in [-0.39, 0.29) is 11.8 Å². The predicted molar refractivity (Wildman–Crippen MR) is 82.2 cm³/mol. The van der Waals surface area contributed by atoms with Gasteiger partial charge >= 0.3 is 0 Å². The van der Waals surface area contributed by atoms with Gasteiger partial charge in [0.25, 0.3) is 0 Å². The molecule has 2 aromatic carbocycles. The lowest BCUT2D eigenvalue weighted by Gasteiger charge is -2.13. The molecule has 3 rings (SSSR count). The fraction of sp³-hybridized carbons (Fsp3) is 0.188. The fourth-order valence-electron chi connectivity index (χ4n) is 2.61. The van der Waals surface area contributed by atoms with Crippen LogP contribution in [0.5, 0.6) is 5.75 Å². The Labute approximate surface area is 126 Å². The average Bonchev–Trinajstić information content (AvgIpc) is 2.76. The van der Waals surface area contributed by atoms with Crippen molar-refractivity contribution in [3.8, 4) is 5.75 Å². The molecule has 0 bridgehead atoms. The standard InChI is InChI=1S/C16H14BrNO2/c1-20-15-7-6-11(17)8-10(15)9-13-12-4-2-3-5-14(12)18-16(13)19/h2-8,13H,9H2,1H3,(H,18,19)/t13-/m1/s1. The van der Waals surface area contributed by atoms with Crippen LogP contribution in [0.1, 0.15) is 17.0 Å². The normalized spacial score (nSPS) is 16.7. The molecule has 0 aromatic heterocycles. The van der Waals surface area contributed by atoms with Crippen molar-refractivity contribution < 1.29 is 9.53 Å². The molecule has 0 radical (unpaired) electrons. The van der Waals surface area contributed by atoms with Crippen LogP contribution < -0.4 is 10.1 Å². The van der Waals surface area contributed by atoms with Crippen LogP contribution in [-0.2, 0) is 11.2 Å². The van der Waals surface area contributed by atoms with Crippen molar-refractivity contribution in [2.45, 2.75) is 12.3 Å². The maximum atomic E-state index is 12.2. The molecule has 20 heavy (non-hydrogen) atoms. The number of rotatable bonds is 3. The van der Waals surface area contributed by atoms with E-state index in [1.165, 1.54) is 0 Å². The van der Waals surface area contributed by atoms with Crippen LogP contribution in [0.3, 0.4) is 0 Å². The number of halogens is 1. The monoisotopic (exact) mass is 331 g/mol. The Morgan fingerprint density at radius 1 is 1.25 bits per heavy atom. The molecule has 2 aromatic rings. The lowest BCUT2D eigenvalue weighted by molar-refractivity contribution is -0.117. The second kappa shape index (κ2) is 5.29. The van der Waals surface area contributed by atoms with Gasteiger partial charge in [0.15, 0.2) is 0 Å². The second-order valence-electron chi connectivity index (χ2n) is 4.79. The number of ether oxygens (including phenoxy) is 1. The number of fused-ring (bicyclic) bond motifs is 1. The maximum Gasteiger partial charge on any atom is 0.232 e. The van der Waals surface area contributed by atoms with E-state index in [0.29, 0.717) is 6.42 Å². The molecule has 0 unspecified atom stereocenters. The van der Waals surface area contributed by atoms with Crippen LogP contribution in [0.4, 0.5) is 5.69 Å². The molecule has 1 atom stereocenters. The lowest BCUT2D eigenvalue weighted by Crippen LogP contribution is -2.14. The third kappa shape index (κ3) is 2.31. The quantitative estimate of drug-likeness (QED) is 0.930. The Balaban J connectivity index is 1.96. The van der Waals surface area contributed by atoms with Crippen LogP contribution in [0.25, 0.3) is 0 Å². The number of amides is 1. The summed E-state index contributed by atoms with van der Waals surface area (Å²) in [6, 6.07) is 13.7. The molecule has 0 fully saturated rings. The molecule has 4 heteroatoms. The number of para-hydroxylation sites is 1. The summed E-state index contributed by atoms with van der Waals surface area (Å²) in [6.07, 6.45) is 0.630.